The second-order valence-electron chi connectivity index (χ2n) is 10.5. The first-order valence-electron chi connectivity index (χ1n) is 13.8. The molecule has 4 rings (SSSR count). The van der Waals surface area contributed by atoms with Gasteiger partial charge in [0.15, 0.2) is 0 Å². The van der Waals surface area contributed by atoms with Gasteiger partial charge in [-0.1, -0.05) is 50.4 Å². The summed E-state index contributed by atoms with van der Waals surface area (Å²) in [5.41, 5.74) is 3.44. The van der Waals surface area contributed by atoms with Gasteiger partial charge >= 0.3 is 0 Å². The Hall–Kier alpha value is -4.33. The number of nitrogens with zero attached hydrogens (tertiary/aromatic N) is 4. The summed E-state index contributed by atoms with van der Waals surface area (Å²) in [4.78, 5) is 26.0. The third-order valence-corrected chi connectivity index (χ3v) is 7.53. The number of rotatable bonds is 3. The first-order valence-corrected chi connectivity index (χ1v) is 13.8. The molecule has 0 aliphatic carbocycles. The molecule has 1 amide bonds. The minimum absolute atomic E-state index is 0.0718. The molecule has 2 atom stereocenters. The predicted molar refractivity (Wildman–Crippen MR) is 162 cm³/mol. The van der Waals surface area contributed by atoms with Gasteiger partial charge in [0.2, 0.25) is 5.91 Å². The average Bonchev–Trinajstić information content (AvgIpc) is 2.94. The Kier molecular flexibility index (Phi) is 9.01. The molecule has 8 heteroatoms. The van der Waals surface area contributed by atoms with Gasteiger partial charge in [-0.05, 0) is 68.8 Å². The fraction of sp³-hybridized carbons (Fsp3) is 0.303. The molecule has 3 heterocycles. The Morgan fingerprint density at radius 1 is 1.20 bits per heavy atom. The summed E-state index contributed by atoms with van der Waals surface area (Å²) < 4.78 is 30.9. The molecule has 2 aliphatic heterocycles. The fourth-order valence-electron chi connectivity index (χ4n) is 5.21. The zero-order valence-corrected chi connectivity index (χ0v) is 24.3. The van der Waals surface area contributed by atoms with E-state index < -0.39 is 11.6 Å². The van der Waals surface area contributed by atoms with Crippen LogP contribution in [0.2, 0.25) is 0 Å². The number of aromatic nitrogens is 1. The first-order chi connectivity index (χ1) is 19.6. The number of fused-ring (bicyclic) bond motifs is 1. The topological polar surface area (TPSA) is 60.8 Å². The van der Waals surface area contributed by atoms with Gasteiger partial charge in [-0.3, -0.25) is 4.79 Å². The summed E-state index contributed by atoms with van der Waals surface area (Å²) in [7, 11) is 0. The second-order valence-corrected chi connectivity index (χ2v) is 10.5. The quantitative estimate of drug-likeness (QED) is 0.423. The van der Waals surface area contributed by atoms with Gasteiger partial charge in [-0.2, -0.15) is 0 Å². The lowest BCUT2D eigenvalue weighted by Crippen LogP contribution is -2.55. The Morgan fingerprint density at radius 2 is 1.95 bits per heavy atom. The SMILES string of the molecule is C=CC(=O)N1CCN(/C2=N/C(=C(C)/C=C\C)C(=C)C(C)/C=C\Nc3nc(-c4c(C)cccc4F)c(F)cc32)C(C)C1. The Bertz CT molecular complexity index is 1480. The van der Waals surface area contributed by atoms with Crippen LogP contribution in [0.25, 0.3) is 11.3 Å². The third kappa shape index (κ3) is 6.06. The number of hydrogen-bond acceptors (Lipinski definition) is 5. The summed E-state index contributed by atoms with van der Waals surface area (Å²) in [5.74, 6) is -0.577. The highest BCUT2D eigenvalue weighted by molar-refractivity contribution is 6.04. The number of pyridine rings is 1. The van der Waals surface area contributed by atoms with Gasteiger partial charge in [0, 0.05) is 37.2 Å². The summed E-state index contributed by atoms with van der Waals surface area (Å²) in [5, 5.41) is 3.21. The number of piperazine rings is 1. The van der Waals surface area contributed by atoms with Crippen LogP contribution in [0.5, 0.6) is 0 Å². The van der Waals surface area contributed by atoms with E-state index in [2.05, 4.69) is 28.4 Å². The average molecular weight is 558 g/mol. The smallest absolute Gasteiger partial charge is 0.246 e. The number of amidine groups is 1. The maximum Gasteiger partial charge on any atom is 0.246 e. The van der Waals surface area contributed by atoms with Crippen molar-refractivity contribution in [2.24, 2.45) is 10.9 Å². The van der Waals surface area contributed by atoms with Gasteiger partial charge in [0.1, 0.15) is 29.0 Å². The van der Waals surface area contributed by atoms with E-state index in [1.165, 1.54) is 18.2 Å². The van der Waals surface area contributed by atoms with Crippen molar-refractivity contribution >= 4 is 17.6 Å². The van der Waals surface area contributed by atoms with E-state index >= 15 is 4.39 Å². The van der Waals surface area contributed by atoms with Crippen molar-refractivity contribution in [3.63, 3.8) is 0 Å². The van der Waals surface area contributed by atoms with E-state index in [4.69, 9.17) is 4.99 Å². The summed E-state index contributed by atoms with van der Waals surface area (Å²) in [6, 6.07) is 5.84. The van der Waals surface area contributed by atoms with Gasteiger partial charge in [0.05, 0.1) is 11.3 Å². The molecule has 0 saturated carbocycles. The van der Waals surface area contributed by atoms with Crippen LogP contribution in [-0.4, -0.2) is 52.2 Å². The lowest BCUT2D eigenvalue weighted by molar-refractivity contribution is -0.128. The van der Waals surface area contributed by atoms with Crippen LogP contribution in [-0.2, 0) is 4.79 Å². The number of hydrogen-bond donors (Lipinski definition) is 1. The lowest BCUT2D eigenvalue weighted by atomic mass is 9.96. The van der Waals surface area contributed by atoms with E-state index in [9.17, 15) is 9.18 Å². The zero-order chi connectivity index (χ0) is 29.8. The summed E-state index contributed by atoms with van der Waals surface area (Å²) in [6.07, 6.45) is 8.92. The number of halogens is 2. The molecule has 1 saturated heterocycles. The van der Waals surface area contributed by atoms with Crippen LogP contribution in [0.3, 0.4) is 0 Å². The van der Waals surface area contributed by atoms with Crippen LogP contribution < -0.4 is 5.32 Å². The minimum atomic E-state index is -0.663. The number of carbonyl (C=O) groups excluding carboxylic acids is 1. The van der Waals surface area contributed by atoms with Crippen LogP contribution in [0, 0.1) is 24.5 Å². The van der Waals surface area contributed by atoms with Crippen molar-refractivity contribution in [1.82, 2.24) is 14.8 Å². The molecule has 0 bridgehead atoms. The highest BCUT2D eigenvalue weighted by Gasteiger charge is 2.32. The Balaban J connectivity index is 1.99. The van der Waals surface area contributed by atoms with Crippen molar-refractivity contribution < 1.29 is 13.6 Å². The maximum atomic E-state index is 16.0. The number of anilines is 1. The van der Waals surface area contributed by atoms with Crippen molar-refractivity contribution in [2.45, 2.75) is 40.7 Å². The highest BCUT2D eigenvalue weighted by Crippen LogP contribution is 2.34. The van der Waals surface area contributed by atoms with Crippen molar-refractivity contribution in [2.75, 3.05) is 25.0 Å². The number of aliphatic imine (C=N–C) groups is 1. The molecule has 1 aromatic carbocycles. The molecule has 214 valence electrons. The van der Waals surface area contributed by atoms with Crippen molar-refractivity contribution in [3.8, 4) is 11.3 Å². The lowest BCUT2D eigenvalue weighted by Gasteiger charge is -2.41. The van der Waals surface area contributed by atoms with E-state index in [1.54, 1.807) is 30.2 Å². The number of carbonyl (C=O) groups is 1. The Labute approximate surface area is 241 Å². The molecule has 0 spiro atoms. The molecule has 2 aromatic rings. The summed E-state index contributed by atoms with van der Waals surface area (Å²) in [6.45, 7) is 19.0. The van der Waals surface area contributed by atoms with E-state index in [1.807, 2.05) is 45.9 Å². The first kappa shape index (κ1) is 29.6. The third-order valence-electron chi connectivity index (χ3n) is 7.53. The standard InChI is InChI=1S/C33H37F2N5O/c1-8-11-22(5)30-24(7)20(3)14-15-36-32-25(18-27(35)31(37-32)29-21(4)12-10-13-26(29)34)33(38-30)40-17-16-39(19-23(40)6)28(41)9-2/h8-15,18,20,23H,2,7,16-17,19H2,1,3-6H3,(H,36,37)/b11-8-,15-14-,30-22+,38-33+. The van der Waals surface area contributed by atoms with E-state index in [0.717, 1.165) is 11.1 Å². The monoisotopic (exact) mass is 557 g/mol. The van der Waals surface area contributed by atoms with E-state index in [-0.39, 0.29) is 29.1 Å². The van der Waals surface area contributed by atoms with Crippen molar-refractivity contribution in [3.05, 3.63) is 108 Å². The maximum absolute atomic E-state index is 16.0. The molecular weight excluding hydrogens is 520 g/mol. The van der Waals surface area contributed by atoms with Gasteiger partial charge in [-0.15, -0.1) is 0 Å². The van der Waals surface area contributed by atoms with Crippen LogP contribution >= 0.6 is 0 Å². The number of aryl methyl sites for hydroxylation is 1. The molecule has 1 fully saturated rings. The second kappa shape index (κ2) is 12.5. The molecule has 2 aliphatic rings. The van der Waals surface area contributed by atoms with Gasteiger partial charge < -0.3 is 15.1 Å². The fourth-order valence-corrected chi connectivity index (χ4v) is 5.21. The van der Waals surface area contributed by atoms with Crippen molar-refractivity contribution in [1.29, 1.82) is 0 Å². The normalized spacial score (nSPS) is 22.9. The minimum Gasteiger partial charge on any atom is -0.350 e. The van der Waals surface area contributed by atoms with Gasteiger partial charge in [0.25, 0.3) is 0 Å². The molecule has 0 radical (unpaired) electrons. The molecule has 41 heavy (non-hydrogen) atoms. The zero-order valence-electron chi connectivity index (χ0n) is 24.3. The molecule has 1 aromatic heterocycles. The van der Waals surface area contributed by atoms with Crippen LogP contribution in [0.1, 0.15) is 38.8 Å². The summed E-state index contributed by atoms with van der Waals surface area (Å²) >= 11 is 0. The number of amides is 1. The molecule has 1 N–H and O–H groups in total. The molecule has 2 unspecified atom stereocenters. The van der Waals surface area contributed by atoms with E-state index in [0.29, 0.717) is 48.1 Å². The number of allylic oxidation sites excluding steroid dienone is 5. The number of nitrogens with one attached hydrogen (secondary N) is 1. The van der Waals surface area contributed by atoms with Crippen LogP contribution in [0.15, 0.2) is 89.8 Å². The Morgan fingerprint density at radius 3 is 2.61 bits per heavy atom. The largest absolute Gasteiger partial charge is 0.350 e. The molecular formula is C33H37F2N5O. The molecule has 6 nitrogen and oxygen atoms in total. The predicted octanol–water partition coefficient (Wildman–Crippen LogP) is 6.78. The van der Waals surface area contributed by atoms with Crippen LogP contribution in [0.4, 0.5) is 14.6 Å². The highest BCUT2D eigenvalue weighted by atomic mass is 19.1. The number of benzene rings is 1. The van der Waals surface area contributed by atoms with Gasteiger partial charge in [-0.25, -0.2) is 18.8 Å².